The van der Waals surface area contributed by atoms with Gasteiger partial charge >= 0.3 is 0 Å². The van der Waals surface area contributed by atoms with Gasteiger partial charge in [0.05, 0.1) is 32.5 Å². The van der Waals surface area contributed by atoms with Crippen LogP contribution >= 0.6 is 0 Å². The highest BCUT2D eigenvalue weighted by Crippen LogP contribution is 2.37. The van der Waals surface area contributed by atoms with Gasteiger partial charge in [-0.15, -0.1) is 0 Å². The van der Waals surface area contributed by atoms with E-state index in [1.807, 2.05) is 0 Å². The van der Waals surface area contributed by atoms with Crippen molar-refractivity contribution in [3.63, 3.8) is 0 Å². The molecule has 1 aromatic carbocycles. The van der Waals surface area contributed by atoms with Crippen LogP contribution in [0.4, 0.5) is 0 Å². The predicted molar refractivity (Wildman–Crippen MR) is 76.5 cm³/mol. The van der Waals surface area contributed by atoms with Crippen molar-refractivity contribution in [2.24, 2.45) is 5.92 Å². The zero-order valence-electron chi connectivity index (χ0n) is 12.5. The maximum atomic E-state index is 9.90. The number of aliphatic hydroxyl groups is 3. The number of hydrogen-bond donors (Lipinski definition) is 4. The number of phenols is 1. The number of benzene rings is 1. The van der Waals surface area contributed by atoms with E-state index in [-0.39, 0.29) is 24.0 Å². The fourth-order valence-corrected chi connectivity index (χ4v) is 2.55. The van der Waals surface area contributed by atoms with E-state index in [1.165, 1.54) is 13.2 Å². The summed E-state index contributed by atoms with van der Waals surface area (Å²) in [4.78, 5) is 0. The fraction of sp³-hybridized carbons (Fsp3) is 0.600. The SMILES string of the molecule is COc1cc(C2OC(CO)C(C)C(C(O)CO)O2)ccc1O. The van der Waals surface area contributed by atoms with Crippen LogP contribution in [0, 0.1) is 5.92 Å². The highest BCUT2D eigenvalue weighted by atomic mass is 16.7. The number of methoxy groups -OCH3 is 1. The largest absolute Gasteiger partial charge is 0.504 e. The average molecular weight is 314 g/mol. The molecule has 0 amide bonds. The highest BCUT2D eigenvalue weighted by Gasteiger charge is 2.40. The summed E-state index contributed by atoms with van der Waals surface area (Å²) in [5, 5.41) is 38.1. The lowest BCUT2D eigenvalue weighted by Crippen LogP contribution is -2.49. The Kier molecular flexibility index (Phi) is 5.60. The summed E-state index contributed by atoms with van der Waals surface area (Å²) in [5.41, 5.74) is 0.579. The number of aliphatic hydroxyl groups excluding tert-OH is 3. The molecular weight excluding hydrogens is 292 g/mol. The molecule has 1 aliphatic heterocycles. The predicted octanol–water partition coefficient (Wildman–Crippen LogP) is 0.165. The Balaban J connectivity index is 2.26. The lowest BCUT2D eigenvalue weighted by atomic mass is 9.92. The van der Waals surface area contributed by atoms with Crippen molar-refractivity contribution in [3.8, 4) is 11.5 Å². The molecule has 4 N–H and O–H groups in total. The van der Waals surface area contributed by atoms with Crippen LogP contribution in [0.25, 0.3) is 0 Å². The van der Waals surface area contributed by atoms with Crippen molar-refractivity contribution in [1.82, 2.24) is 0 Å². The molecule has 0 radical (unpaired) electrons. The molecule has 124 valence electrons. The molecule has 1 heterocycles. The number of ether oxygens (including phenoxy) is 3. The summed E-state index contributed by atoms with van der Waals surface area (Å²) in [6, 6.07) is 4.62. The van der Waals surface area contributed by atoms with Crippen molar-refractivity contribution >= 4 is 0 Å². The van der Waals surface area contributed by atoms with E-state index in [0.29, 0.717) is 5.56 Å². The third-order valence-corrected chi connectivity index (χ3v) is 3.91. The molecule has 1 aromatic rings. The molecule has 1 aliphatic rings. The van der Waals surface area contributed by atoms with Gasteiger partial charge in [0.2, 0.25) is 0 Å². The van der Waals surface area contributed by atoms with Gasteiger partial charge in [-0.2, -0.15) is 0 Å². The van der Waals surface area contributed by atoms with Gasteiger partial charge in [-0.1, -0.05) is 13.0 Å². The number of phenolic OH excluding ortho intramolecular Hbond substituents is 1. The summed E-state index contributed by atoms with van der Waals surface area (Å²) in [7, 11) is 1.43. The lowest BCUT2D eigenvalue weighted by molar-refractivity contribution is -0.294. The molecule has 0 saturated carbocycles. The second-order valence-corrected chi connectivity index (χ2v) is 5.33. The van der Waals surface area contributed by atoms with Crippen LogP contribution in [-0.4, -0.2) is 59.1 Å². The van der Waals surface area contributed by atoms with Crippen LogP contribution in [0.1, 0.15) is 18.8 Å². The summed E-state index contributed by atoms with van der Waals surface area (Å²) in [6.45, 7) is 1.10. The molecule has 5 atom stereocenters. The molecule has 1 saturated heterocycles. The molecule has 22 heavy (non-hydrogen) atoms. The smallest absolute Gasteiger partial charge is 0.184 e. The van der Waals surface area contributed by atoms with Gasteiger partial charge in [0, 0.05) is 11.5 Å². The molecule has 0 bridgehead atoms. The van der Waals surface area contributed by atoms with Gasteiger partial charge in [0.1, 0.15) is 6.10 Å². The minimum Gasteiger partial charge on any atom is -0.504 e. The van der Waals surface area contributed by atoms with Gasteiger partial charge in [0.25, 0.3) is 0 Å². The quantitative estimate of drug-likeness (QED) is 0.613. The average Bonchev–Trinajstić information content (AvgIpc) is 2.54. The van der Waals surface area contributed by atoms with Crippen molar-refractivity contribution in [2.75, 3.05) is 20.3 Å². The van der Waals surface area contributed by atoms with Crippen LogP contribution in [-0.2, 0) is 9.47 Å². The number of hydrogen-bond acceptors (Lipinski definition) is 7. The molecule has 0 spiro atoms. The maximum absolute atomic E-state index is 9.90. The van der Waals surface area contributed by atoms with Crippen molar-refractivity contribution in [2.45, 2.75) is 31.5 Å². The molecule has 0 aliphatic carbocycles. The maximum Gasteiger partial charge on any atom is 0.184 e. The van der Waals surface area contributed by atoms with E-state index in [0.717, 1.165) is 0 Å². The third kappa shape index (κ3) is 3.34. The summed E-state index contributed by atoms with van der Waals surface area (Å²) in [6.07, 6.45) is -3.13. The minimum absolute atomic E-state index is 0.0129. The molecule has 0 aromatic heterocycles. The first kappa shape index (κ1) is 17.0. The van der Waals surface area contributed by atoms with E-state index in [4.69, 9.17) is 19.3 Å². The highest BCUT2D eigenvalue weighted by molar-refractivity contribution is 5.42. The first-order valence-corrected chi connectivity index (χ1v) is 7.09. The normalized spacial score (nSPS) is 30.0. The molecule has 1 fully saturated rings. The molecule has 2 rings (SSSR count). The monoisotopic (exact) mass is 314 g/mol. The van der Waals surface area contributed by atoms with Crippen molar-refractivity contribution in [3.05, 3.63) is 23.8 Å². The Morgan fingerprint density at radius 2 is 2.00 bits per heavy atom. The summed E-state index contributed by atoms with van der Waals surface area (Å²) in [5.74, 6) is -0.0355. The molecule has 5 unspecified atom stereocenters. The van der Waals surface area contributed by atoms with Crippen LogP contribution in [0.2, 0.25) is 0 Å². The van der Waals surface area contributed by atoms with Gasteiger partial charge in [-0.05, 0) is 12.1 Å². The van der Waals surface area contributed by atoms with Gasteiger partial charge in [-0.3, -0.25) is 0 Å². The van der Waals surface area contributed by atoms with E-state index < -0.39 is 31.2 Å². The lowest BCUT2D eigenvalue weighted by Gasteiger charge is -2.41. The van der Waals surface area contributed by atoms with E-state index in [9.17, 15) is 15.3 Å². The number of aromatic hydroxyl groups is 1. The van der Waals surface area contributed by atoms with E-state index in [1.54, 1.807) is 19.1 Å². The van der Waals surface area contributed by atoms with Crippen LogP contribution in [0.15, 0.2) is 18.2 Å². The first-order chi connectivity index (χ1) is 10.5. The minimum atomic E-state index is -1.07. The van der Waals surface area contributed by atoms with Crippen molar-refractivity contribution in [1.29, 1.82) is 0 Å². The standard InChI is InChI=1S/C15H22O7/c1-8-13(7-17)21-15(22-14(8)11(19)6-16)9-3-4-10(18)12(5-9)20-2/h3-5,8,11,13-19H,6-7H2,1-2H3. The Morgan fingerprint density at radius 3 is 2.59 bits per heavy atom. The Morgan fingerprint density at radius 1 is 1.27 bits per heavy atom. The Labute approximate surface area is 128 Å². The summed E-state index contributed by atoms with van der Waals surface area (Å²) < 4.78 is 16.5. The topological polar surface area (TPSA) is 109 Å². The van der Waals surface area contributed by atoms with Crippen LogP contribution in [0.3, 0.4) is 0 Å². The van der Waals surface area contributed by atoms with E-state index >= 15 is 0 Å². The zero-order chi connectivity index (χ0) is 16.3. The second-order valence-electron chi connectivity index (χ2n) is 5.33. The van der Waals surface area contributed by atoms with E-state index in [2.05, 4.69) is 0 Å². The molecule has 7 heteroatoms. The van der Waals surface area contributed by atoms with Crippen LogP contribution < -0.4 is 4.74 Å². The first-order valence-electron chi connectivity index (χ1n) is 7.09. The molecular formula is C15H22O7. The zero-order valence-corrected chi connectivity index (χ0v) is 12.5. The molecule has 7 nitrogen and oxygen atoms in total. The third-order valence-electron chi connectivity index (χ3n) is 3.91. The van der Waals surface area contributed by atoms with Crippen molar-refractivity contribution < 1.29 is 34.6 Å². The second kappa shape index (κ2) is 7.26. The van der Waals surface area contributed by atoms with Gasteiger partial charge in [0.15, 0.2) is 17.8 Å². The fourth-order valence-electron chi connectivity index (χ4n) is 2.55. The van der Waals surface area contributed by atoms with Crippen LogP contribution in [0.5, 0.6) is 11.5 Å². The van der Waals surface area contributed by atoms with Gasteiger partial charge < -0.3 is 34.6 Å². The summed E-state index contributed by atoms with van der Waals surface area (Å²) >= 11 is 0. The Bertz CT molecular complexity index is 493. The Hall–Kier alpha value is -1.38. The van der Waals surface area contributed by atoms with Gasteiger partial charge in [-0.25, -0.2) is 0 Å². The number of rotatable bonds is 5.